The van der Waals surface area contributed by atoms with E-state index in [0.29, 0.717) is 6.04 Å². The fraction of sp³-hybridized carbons (Fsp3) is 0.500. The summed E-state index contributed by atoms with van der Waals surface area (Å²) < 4.78 is 0. The van der Waals surface area contributed by atoms with Crippen LogP contribution in [0.2, 0.25) is 0 Å². The Morgan fingerprint density at radius 2 is 2.00 bits per heavy atom. The summed E-state index contributed by atoms with van der Waals surface area (Å²) in [6, 6.07) is 10.7. The molecule has 0 unspecified atom stereocenters. The van der Waals surface area contributed by atoms with Crippen LogP contribution in [-0.2, 0) is 0 Å². The van der Waals surface area contributed by atoms with Gasteiger partial charge in [-0.25, -0.2) is 0 Å². The van der Waals surface area contributed by atoms with Crippen molar-refractivity contribution in [2.24, 2.45) is 0 Å². The summed E-state index contributed by atoms with van der Waals surface area (Å²) in [6.45, 7) is 6.53. The Bertz CT molecular complexity index is 411. The summed E-state index contributed by atoms with van der Waals surface area (Å²) >= 11 is 0. The fourth-order valence-electron chi connectivity index (χ4n) is 2.51. The molecule has 3 nitrogen and oxygen atoms in total. The second kappa shape index (κ2) is 9.17. The van der Waals surface area contributed by atoms with E-state index >= 15 is 0 Å². The standard InChI is InChI=1S/C14H19N3.2ClH/c1-2-14(17-8-6-16-7-9-17)13-5-3-4-12(10-13)11-15;;/h3-5,10,14,16H,2,6-9H2,1H3;2*1H/t14-;;/m1../s1. The lowest BCUT2D eigenvalue weighted by Crippen LogP contribution is -2.45. The van der Waals surface area contributed by atoms with E-state index in [9.17, 15) is 0 Å². The van der Waals surface area contributed by atoms with E-state index in [1.165, 1.54) is 5.56 Å². The van der Waals surface area contributed by atoms with Crippen LogP contribution in [0.4, 0.5) is 0 Å². The summed E-state index contributed by atoms with van der Waals surface area (Å²) in [5, 5.41) is 12.3. The number of benzene rings is 1. The zero-order valence-electron chi connectivity index (χ0n) is 11.1. The highest BCUT2D eigenvalue weighted by molar-refractivity contribution is 5.85. The van der Waals surface area contributed by atoms with E-state index in [1.54, 1.807) is 0 Å². The first-order valence-corrected chi connectivity index (χ1v) is 6.30. The molecule has 0 aromatic heterocycles. The molecule has 0 bridgehead atoms. The summed E-state index contributed by atoms with van der Waals surface area (Å²) in [5.41, 5.74) is 2.03. The third kappa shape index (κ3) is 4.67. The summed E-state index contributed by atoms with van der Waals surface area (Å²) in [5.74, 6) is 0. The molecule has 1 aliphatic heterocycles. The van der Waals surface area contributed by atoms with Crippen molar-refractivity contribution in [1.29, 1.82) is 5.26 Å². The van der Waals surface area contributed by atoms with E-state index in [2.05, 4.69) is 29.3 Å². The minimum Gasteiger partial charge on any atom is -0.314 e. The van der Waals surface area contributed by atoms with Crippen LogP contribution in [0.5, 0.6) is 0 Å². The monoisotopic (exact) mass is 301 g/mol. The molecule has 2 rings (SSSR count). The minimum atomic E-state index is 0. The maximum absolute atomic E-state index is 8.95. The van der Waals surface area contributed by atoms with Crippen molar-refractivity contribution in [2.75, 3.05) is 26.2 Å². The van der Waals surface area contributed by atoms with Crippen molar-refractivity contribution in [3.63, 3.8) is 0 Å². The number of nitrogens with one attached hydrogen (secondary N) is 1. The molecule has 0 spiro atoms. The molecule has 0 aliphatic carbocycles. The number of rotatable bonds is 3. The van der Waals surface area contributed by atoms with E-state index in [1.807, 2.05) is 18.2 Å². The fourth-order valence-corrected chi connectivity index (χ4v) is 2.51. The van der Waals surface area contributed by atoms with Gasteiger partial charge in [-0.05, 0) is 24.1 Å². The van der Waals surface area contributed by atoms with Gasteiger partial charge in [0.1, 0.15) is 0 Å². The Balaban J connectivity index is 0.00000162. The van der Waals surface area contributed by atoms with Gasteiger partial charge in [-0.2, -0.15) is 5.26 Å². The van der Waals surface area contributed by atoms with Crippen molar-refractivity contribution in [2.45, 2.75) is 19.4 Å². The van der Waals surface area contributed by atoms with Crippen LogP contribution in [0.25, 0.3) is 0 Å². The van der Waals surface area contributed by atoms with Crippen molar-refractivity contribution >= 4 is 24.8 Å². The highest BCUT2D eigenvalue weighted by Crippen LogP contribution is 2.24. The van der Waals surface area contributed by atoms with Gasteiger partial charge in [-0.15, -0.1) is 24.8 Å². The molecule has 1 atom stereocenters. The van der Waals surface area contributed by atoms with E-state index < -0.39 is 0 Å². The summed E-state index contributed by atoms with van der Waals surface area (Å²) in [6.07, 6.45) is 1.09. The average molecular weight is 302 g/mol. The van der Waals surface area contributed by atoms with E-state index in [4.69, 9.17) is 5.26 Å². The van der Waals surface area contributed by atoms with E-state index in [-0.39, 0.29) is 24.8 Å². The number of nitriles is 1. The molecule has 0 amide bonds. The number of halogens is 2. The van der Waals surface area contributed by atoms with Gasteiger partial charge in [0.05, 0.1) is 11.6 Å². The molecule has 106 valence electrons. The first kappa shape index (κ1) is 18.2. The highest BCUT2D eigenvalue weighted by atomic mass is 35.5. The molecule has 1 saturated heterocycles. The molecule has 1 aliphatic rings. The molecule has 1 aromatic carbocycles. The Hall–Kier alpha value is -0.790. The lowest BCUT2D eigenvalue weighted by molar-refractivity contribution is 0.169. The second-order valence-corrected chi connectivity index (χ2v) is 4.45. The van der Waals surface area contributed by atoms with Crippen LogP contribution in [0.15, 0.2) is 24.3 Å². The second-order valence-electron chi connectivity index (χ2n) is 4.45. The number of nitrogens with zero attached hydrogens (tertiary/aromatic N) is 2. The van der Waals surface area contributed by atoms with Crippen LogP contribution in [0.3, 0.4) is 0 Å². The molecule has 1 heterocycles. The molecule has 5 heteroatoms. The van der Waals surface area contributed by atoms with Gasteiger partial charge in [0.15, 0.2) is 0 Å². The molecular formula is C14H21Cl2N3. The van der Waals surface area contributed by atoms with Crippen LogP contribution in [-0.4, -0.2) is 31.1 Å². The predicted octanol–water partition coefficient (Wildman–Crippen LogP) is 2.76. The molecule has 1 N–H and O–H groups in total. The van der Waals surface area contributed by atoms with Gasteiger partial charge in [-0.1, -0.05) is 19.1 Å². The van der Waals surface area contributed by atoms with Gasteiger partial charge < -0.3 is 5.32 Å². The summed E-state index contributed by atoms with van der Waals surface area (Å²) in [7, 11) is 0. The third-order valence-corrected chi connectivity index (χ3v) is 3.38. The Kier molecular flexibility index (Phi) is 8.79. The maximum atomic E-state index is 8.95. The lowest BCUT2D eigenvalue weighted by Gasteiger charge is -2.34. The number of hydrogen-bond acceptors (Lipinski definition) is 3. The van der Waals surface area contributed by atoms with Crippen molar-refractivity contribution < 1.29 is 0 Å². The predicted molar refractivity (Wildman–Crippen MR) is 83.1 cm³/mol. The van der Waals surface area contributed by atoms with Gasteiger partial charge in [-0.3, -0.25) is 4.90 Å². The number of piperazine rings is 1. The van der Waals surface area contributed by atoms with Crippen LogP contribution < -0.4 is 5.32 Å². The van der Waals surface area contributed by atoms with Crippen LogP contribution in [0, 0.1) is 11.3 Å². The SMILES string of the molecule is CC[C@H](c1cccc(C#N)c1)N1CCNCC1.Cl.Cl. The molecule has 19 heavy (non-hydrogen) atoms. The van der Waals surface area contributed by atoms with Crippen LogP contribution >= 0.6 is 24.8 Å². The smallest absolute Gasteiger partial charge is 0.0991 e. The van der Waals surface area contributed by atoms with Gasteiger partial charge in [0.25, 0.3) is 0 Å². The first-order valence-electron chi connectivity index (χ1n) is 6.30. The van der Waals surface area contributed by atoms with Gasteiger partial charge >= 0.3 is 0 Å². The molecule has 1 aromatic rings. The summed E-state index contributed by atoms with van der Waals surface area (Å²) in [4.78, 5) is 2.51. The Labute approximate surface area is 127 Å². The Morgan fingerprint density at radius 1 is 1.32 bits per heavy atom. The quantitative estimate of drug-likeness (QED) is 0.933. The van der Waals surface area contributed by atoms with Gasteiger partial charge in [0, 0.05) is 32.2 Å². The topological polar surface area (TPSA) is 39.1 Å². The number of hydrogen-bond donors (Lipinski definition) is 1. The zero-order valence-corrected chi connectivity index (χ0v) is 12.8. The third-order valence-electron chi connectivity index (χ3n) is 3.38. The molecule has 0 radical (unpaired) electrons. The first-order chi connectivity index (χ1) is 8.35. The largest absolute Gasteiger partial charge is 0.314 e. The zero-order chi connectivity index (χ0) is 12.1. The van der Waals surface area contributed by atoms with Crippen molar-refractivity contribution in [1.82, 2.24) is 10.2 Å². The molecule has 0 saturated carbocycles. The van der Waals surface area contributed by atoms with Crippen LogP contribution in [0.1, 0.15) is 30.5 Å². The molecular weight excluding hydrogens is 281 g/mol. The average Bonchev–Trinajstić information content (AvgIpc) is 2.41. The lowest BCUT2D eigenvalue weighted by atomic mass is 10.00. The van der Waals surface area contributed by atoms with Gasteiger partial charge in [0.2, 0.25) is 0 Å². The normalized spacial score (nSPS) is 16.6. The Morgan fingerprint density at radius 3 is 2.58 bits per heavy atom. The maximum Gasteiger partial charge on any atom is 0.0991 e. The highest BCUT2D eigenvalue weighted by Gasteiger charge is 2.20. The van der Waals surface area contributed by atoms with E-state index in [0.717, 1.165) is 38.2 Å². The van der Waals surface area contributed by atoms with Crippen molar-refractivity contribution in [3.8, 4) is 6.07 Å². The minimum absolute atomic E-state index is 0. The van der Waals surface area contributed by atoms with Crippen molar-refractivity contribution in [3.05, 3.63) is 35.4 Å². The molecule has 1 fully saturated rings.